The molecule has 16 heteroatoms. The lowest BCUT2D eigenvalue weighted by molar-refractivity contribution is -0.141. The number of amides is 5. The van der Waals surface area contributed by atoms with Crippen LogP contribution in [0.5, 0.6) is 5.75 Å². The molecule has 4 aliphatic rings. The van der Waals surface area contributed by atoms with E-state index in [1.165, 1.54) is 12.0 Å². The van der Waals surface area contributed by atoms with E-state index in [0.717, 1.165) is 12.8 Å². The van der Waals surface area contributed by atoms with E-state index in [0.29, 0.717) is 42.4 Å². The van der Waals surface area contributed by atoms with E-state index in [4.69, 9.17) is 13.9 Å². The average molecular weight is 742 g/mol. The summed E-state index contributed by atoms with van der Waals surface area (Å²) in [5.74, 6) is -2.45. The van der Waals surface area contributed by atoms with Gasteiger partial charge in [-0.05, 0) is 90.0 Å². The van der Waals surface area contributed by atoms with Crippen molar-refractivity contribution in [2.24, 2.45) is 5.92 Å². The Hall–Kier alpha value is -4.60. The zero-order valence-electron chi connectivity index (χ0n) is 29.9. The van der Waals surface area contributed by atoms with Gasteiger partial charge < -0.3 is 34.7 Å². The number of nitrogens with one attached hydrogen (secondary N) is 4. The zero-order chi connectivity index (χ0) is 37.4. The molecule has 4 N–H and O–H groups in total. The summed E-state index contributed by atoms with van der Waals surface area (Å²) < 4.78 is 44.2. The SMILES string of the molecule is COc1ccc2oc(C(=O)N[C@@H]3C[C@H]4C(=O)N[C@]5(C(=O)NS(=O)(=O)C6CC6)C[C@H]5C=CCCCCC[C@H](NC(=O)OC(C)(C)C)C(=O)N4C3)cc2c1. The van der Waals surface area contributed by atoms with Crippen LogP contribution in [0.3, 0.4) is 0 Å². The number of furan rings is 1. The van der Waals surface area contributed by atoms with Gasteiger partial charge in [0.05, 0.1) is 12.4 Å². The molecule has 282 valence electrons. The van der Waals surface area contributed by atoms with Crippen LogP contribution >= 0.6 is 0 Å². The summed E-state index contributed by atoms with van der Waals surface area (Å²) in [6, 6.07) is 3.76. The normalized spacial score (nSPS) is 27.0. The van der Waals surface area contributed by atoms with Crippen LogP contribution in [0.1, 0.15) is 89.1 Å². The first kappa shape index (κ1) is 37.2. The molecule has 0 radical (unpaired) electrons. The topological polar surface area (TPSA) is 202 Å². The maximum absolute atomic E-state index is 14.3. The van der Waals surface area contributed by atoms with Gasteiger partial charge in [0, 0.05) is 23.9 Å². The van der Waals surface area contributed by atoms with Gasteiger partial charge in [0.1, 0.15) is 34.6 Å². The Morgan fingerprint density at radius 2 is 1.81 bits per heavy atom. The fraction of sp³-hybridized carbons (Fsp3) is 0.583. The van der Waals surface area contributed by atoms with Gasteiger partial charge >= 0.3 is 6.09 Å². The summed E-state index contributed by atoms with van der Waals surface area (Å²) in [6.45, 7) is 5.04. The molecular weight excluding hydrogens is 694 g/mol. The highest BCUT2D eigenvalue weighted by molar-refractivity contribution is 7.91. The molecule has 15 nitrogen and oxygen atoms in total. The van der Waals surface area contributed by atoms with Crippen molar-refractivity contribution < 1.29 is 46.3 Å². The summed E-state index contributed by atoms with van der Waals surface area (Å²) in [4.78, 5) is 69.8. The number of sulfonamides is 1. The standard InChI is InChI=1S/C36H47N5O10S/c1-35(2,3)51-34(46)38-26-11-9-7-5-6-8-10-22-19-36(22,33(45)40-52(47,48)25-13-14-25)39-30(42)27-18-23(20-41(27)32(26)44)37-31(43)29-17-21-16-24(49-4)12-15-28(21)50-29/h8,10,12,15-17,22-23,25-27H,5-7,9,11,13-14,18-20H2,1-4H3,(H,37,43)(H,38,46)(H,39,42)(H,40,45)/t22-,23-,26+,27+,36-/m1/s1. The van der Waals surface area contributed by atoms with Crippen molar-refractivity contribution >= 4 is 50.7 Å². The van der Waals surface area contributed by atoms with Crippen LogP contribution in [-0.2, 0) is 29.1 Å². The molecule has 5 atom stereocenters. The first-order chi connectivity index (χ1) is 24.6. The first-order valence-electron chi connectivity index (χ1n) is 17.8. The number of allylic oxidation sites excluding steroid dienone is 1. The largest absolute Gasteiger partial charge is 0.497 e. The molecular formula is C36H47N5O10S. The van der Waals surface area contributed by atoms with Gasteiger partial charge in [-0.3, -0.25) is 23.9 Å². The minimum absolute atomic E-state index is 0.0188. The van der Waals surface area contributed by atoms with E-state index >= 15 is 0 Å². The van der Waals surface area contributed by atoms with Crippen molar-refractivity contribution in [2.75, 3.05) is 13.7 Å². The van der Waals surface area contributed by atoms with Crippen LogP contribution < -0.4 is 25.4 Å². The van der Waals surface area contributed by atoms with Crippen molar-refractivity contribution in [1.82, 2.24) is 25.6 Å². The van der Waals surface area contributed by atoms with Gasteiger partial charge in [-0.25, -0.2) is 13.2 Å². The van der Waals surface area contributed by atoms with Crippen molar-refractivity contribution in [3.63, 3.8) is 0 Å². The van der Waals surface area contributed by atoms with E-state index in [-0.39, 0.29) is 31.6 Å². The Morgan fingerprint density at radius 3 is 2.52 bits per heavy atom. The lowest BCUT2D eigenvalue weighted by Gasteiger charge is -2.30. The fourth-order valence-corrected chi connectivity index (χ4v) is 8.24. The number of benzene rings is 1. The number of nitrogens with zero attached hydrogens (tertiary/aromatic N) is 1. The fourth-order valence-electron chi connectivity index (χ4n) is 6.87. The molecule has 5 amide bonds. The quantitative estimate of drug-likeness (QED) is 0.306. The minimum Gasteiger partial charge on any atom is -0.497 e. The van der Waals surface area contributed by atoms with Crippen molar-refractivity contribution in [3.8, 4) is 5.75 Å². The number of methoxy groups -OCH3 is 1. The van der Waals surface area contributed by atoms with Crippen molar-refractivity contribution in [1.29, 1.82) is 0 Å². The van der Waals surface area contributed by atoms with Crippen LogP contribution in [0, 0.1) is 5.92 Å². The number of rotatable bonds is 7. The molecule has 1 aromatic heterocycles. The van der Waals surface area contributed by atoms with Gasteiger partial charge in [-0.2, -0.15) is 0 Å². The number of fused-ring (bicyclic) bond motifs is 3. The van der Waals surface area contributed by atoms with E-state index < -0.39 is 80.2 Å². The van der Waals surface area contributed by atoms with E-state index in [9.17, 15) is 32.4 Å². The number of carbonyl (C=O) groups excluding carboxylic acids is 5. The van der Waals surface area contributed by atoms with Gasteiger partial charge in [0.25, 0.3) is 11.8 Å². The van der Waals surface area contributed by atoms with E-state index in [1.807, 2.05) is 12.2 Å². The molecule has 2 aliphatic heterocycles. The molecule has 6 rings (SSSR count). The molecule has 1 aromatic carbocycles. The second kappa shape index (κ2) is 14.4. The number of hydrogen-bond donors (Lipinski definition) is 4. The highest BCUT2D eigenvalue weighted by atomic mass is 32.2. The lowest BCUT2D eigenvalue weighted by atomic mass is 10.0. The number of ether oxygens (including phenoxy) is 2. The summed E-state index contributed by atoms with van der Waals surface area (Å²) >= 11 is 0. The number of carbonyl (C=O) groups is 5. The Kier molecular flexibility index (Phi) is 10.3. The molecule has 2 aromatic rings. The Balaban J connectivity index is 1.27. The van der Waals surface area contributed by atoms with Crippen LogP contribution in [0.25, 0.3) is 11.0 Å². The molecule has 1 saturated heterocycles. The van der Waals surface area contributed by atoms with Crippen molar-refractivity contribution in [2.45, 2.75) is 113 Å². The Bertz CT molecular complexity index is 1880. The summed E-state index contributed by atoms with van der Waals surface area (Å²) in [5, 5.41) is 8.39. The molecule has 0 unspecified atom stereocenters. The predicted molar refractivity (Wildman–Crippen MR) is 189 cm³/mol. The van der Waals surface area contributed by atoms with Gasteiger partial charge in [0.15, 0.2) is 5.76 Å². The predicted octanol–water partition coefficient (Wildman–Crippen LogP) is 3.04. The van der Waals surface area contributed by atoms with E-state index in [2.05, 4.69) is 20.7 Å². The van der Waals surface area contributed by atoms with Gasteiger partial charge in [-0.1, -0.05) is 25.0 Å². The van der Waals surface area contributed by atoms with Crippen LogP contribution in [0.4, 0.5) is 4.79 Å². The Labute approximate surface area is 302 Å². The smallest absolute Gasteiger partial charge is 0.408 e. The maximum Gasteiger partial charge on any atom is 0.408 e. The average Bonchev–Trinajstić information content (AvgIpc) is 3.96. The molecule has 3 fully saturated rings. The monoisotopic (exact) mass is 741 g/mol. The second-order valence-electron chi connectivity index (χ2n) is 15.1. The van der Waals surface area contributed by atoms with Crippen LogP contribution in [-0.4, -0.2) is 91.2 Å². The summed E-state index contributed by atoms with van der Waals surface area (Å²) in [7, 11) is -2.38. The maximum atomic E-state index is 14.3. The third kappa shape index (κ3) is 8.37. The number of alkyl carbamates (subject to hydrolysis) is 1. The Morgan fingerprint density at radius 1 is 1.04 bits per heavy atom. The molecule has 0 spiro atoms. The molecule has 0 bridgehead atoms. The van der Waals surface area contributed by atoms with Crippen LogP contribution in [0.2, 0.25) is 0 Å². The zero-order valence-corrected chi connectivity index (χ0v) is 30.7. The summed E-state index contributed by atoms with van der Waals surface area (Å²) in [6.07, 6.45) is 7.10. The third-order valence-corrected chi connectivity index (χ3v) is 11.7. The molecule has 2 aliphatic carbocycles. The lowest BCUT2D eigenvalue weighted by Crippen LogP contribution is -2.58. The van der Waals surface area contributed by atoms with E-state index in [1.54, 1.807) is 45.0 Å². The second-order valence-corrected chi connectivity index (χ2v) is 17.1. The van der Waals surface area contributed by atoms with Gasteiger partial charge in [0.2, 0.25) is 21.8 Å². The van der Waals surface area contributed by atoms with Crippen LogP contribution in [0.15, 0.2) is 40.8 Å². The number of hydrogen-bond acceptors (Lipinski definition) is 10. The summed E-state index contributed by atoms with van der Waals surface area (Å²) in [5.41, 5.74) is -1.89. The minimum atomic E-state index is -3.91. The first-order valence-corrected chi connectivity index (χ1v) is 19.4. The highest BCUT2D eigenvalue weighted by Gasteiger charge is 2.62. The van der Waals surface area contributed by atoms with Gasteiger partial charge in [-0.15, -0.1) is 0 Å². The van der Waals surface area contributed by atoms with Crippen molar-refractivity contribution in [3.05, 3.63) is 42.2 Å². The molecule has 3 heterocycles. The highest BCUT2D eigenvalue weighted by Crippen LogP contribution is 2.46. The molecule has 52 heavy (non-hydrogen) atoms. The third-order valence-electron chi connectivity index (χ3n) is 9.85. The molecule has 2 saturated carbocycles.